The Morgan fingerprint density at radius 1 is 1.00 bits per heavy atom. The van der Waals surface area contributed by atoms with Crippen molar-refractivity contribution in [1.82, 2.24) is 10.2 Å². The van der Waals surface area contributed by atoms with Gasteiger partial charge in [0, 0.05) is 22.7 Å². The molecule has 1 saturated carbocycles. The van der Waals surface area contributed by atoms with E-state index in [2.05, 4.69) is 10.6 Å². The lowest BCUT2D eigenvalue weighted by Gasteiger charge is -2.34. The van der Waals surface area contributed by atoms with Gasteiger partial charge in [0.05, 0.1) is 17.5 Å². The summed E-state index contributed by atoms with van der Waals surface area (Å²) >= 11 is 6.36. The number of carbonyl (C=O) groups excluding carboxylic acids is 3. The monoisotopic (exact) mass is 477 g/mol. The third-order valence-electron chi connectivity index (χ3n) is 8.36. The van der Waals surface area contributed by atoms with Gasteiger partial charge in [-0.15, -0.1) is 0 Å². The van der Waals surface area contributed by atoms with Gasteiger partial charge in [-0.3, -0.25) is 24.6 Å². The van der Waals surface area contributed by atoms with Crippen LogP contribution in [0.1, 0.15) is 48.8 Å². The SMILES string of the molecule is Cc1c(Cl)ccc2c1NC(=O)C21NC(Cc2ccccc2)C2C(=O)N(C3CCCCC3)C(=O)C21. The van der Waals surface area contributed by atoms with Crippen LogP contribution in [0.15, 0.2) is 42.5 Å². The lowest BCUT2D eigenvalue weighted by Crippen LogP contribution is -2.54. The molecule has 176 valence electrons. The molecule has 2 N–H and O–H groups in total. The number of carbonyl (C=O) groups is 3. The second-order valence-corrected chi connectivity index (χ2v) is 10.5. The van der Waals surface area contributed by atoms with Crippen LogP contribution in [0.5, 0.6) is 0 Å². The van der Waals surface area contributed by atoms with E-state index in [4.69, 9.17) is 11.6 Å². The highest BCUT2D eigenvalue weighted by molar-refractivity contribution is 6.32. The first-order chi connectivity index (χ1) is 16.4. The molecule has 7 heteroatoms. The highest BCUT2D eigenvalue weighted by Crippen LogP contribution is 2.55. The van der Waals surface area contributed by atoms with E-state index in [-0.39, 0.29) is 29.8 Å². The molecule has 2 saturated heterocycles. The third-order valence-corrected chi connectivity index (χ3v) is 8.77. The molecule has 4 unspecified atom stereocenters. The van der Waals surface area contributed by atoms with Gasteiger partial charge in [0.1, 0.15) is 5.54 Å². The third kappa shape index (κ3) is 2.94. The van der Waals surface area contributed by atoms with Crippen molar-refractivity contribution < 1.29 is 14.4 Å². The van der Waals surface area contributed by atoms with Crippen LogP contribution in [0.3, 0.4) is 0 Å². The van der Waals surface area contributed by atoms with Gasteiger partial charge in [-0.2, -0.15) is 0 Å². The molecule has 1 aliphatic carbocycles. The van der Waals surface area contributed by atoms with Crippen molar-refractivity contribution in [2.75, 3.05) is 5.32 Å². The minimum Gasteiger partial charge on any atom is -0.324 e. The van der Waals surface area contributed by atoms with Crippen molar-refractivity contribution in [3.63, 3.8) is 0 Å². The molecule has 0 radical (unpaired) electrons. The summed E-state index contributed by atoms with van der Waals surface area (Å²) in [5, 5.41) is 7.09. The Kier molecular flexibility index (Phi) is 5.08. The molecule has 3 amide bonds. The number of halogens is 1. The highest BCUT2D eigenvalue weighted by atomic mass is 35.5. The van der Waals surface area contributed by atoms with Gasteiger partial charge in [0.2, 0.25) is 17.7 Å². The number of benzene rings is 2. The predicted octanol–water partition coefficient (Wildman–Crippen LogP) is 3.94. The number of fused-ring (bicyclic) bond motifs is 4. The molecule has 3 fully saturated rings. The Labute approximate surface area is 204 Å². The number of hydrogen-bond donors (Lipinski definition) is 2. The Bertz CT molecular complexity index is 1190. The van der Waals surface area contributed by atoms with Crippen LogP contribution in [0.2, 0.25) is 5.02 Å². The standard InChI is InChI=1S/C27H28ClN3O3/c1-15-19(28)13-12-18-23(15)29-26(34)27(18)22-21(20(30-27)14-16-8-4-2-5-9-16)24(32)31(25(22)33)17-10-6-3-7-11-17/h2,4-5,8-9,12-13,17,20-22,30H,3,6-7,10-11,14H2,1H3,(H,29,34). The molecule has 3 heterocycles. The summed E-state index contributed by atoms with van der Waals surface area (Å²) in [6.07, 6.45) is 5.44. The fourth-order valence-electron chi connectivity index (χ4n) is 6.75. The number of amides is 3. The Hall–Kier alpha value is -2.70. The second-order valence-electron chi connectivity index (χ2n) is 10.1. The fourth-order valence-corrected chi connectivity index (χ4v) is 6.91. The van der Waals surface area contributed by atoms with Crippen LogP contribution in [-0.4, -0.2) is 34.7 Å². The fraction of sp³-hybridized carbons (Fsp3) is 0.444. The van der Waals surface area contributed by atoms with E-state index in [1.807, 2.05) is 43.3 Å². The number of hydrogen-bond acceptors (Lipinski definition) is 4. The maximum absolute atomic E-state index is 14.0. The average molecular weight is 478 g/mol. The van der Waals surface area contributed by atoms with Crippen LogP contribution in [0.25, 0.3) is 0 Å². The number of imide groups is 1. The molecule has 2 aromatic carbocycles. The molecular formula is C27H28ClN3O3. The Morgan fingerprint density at radius 2 is 1.74 bits per heavy atom. The number of rotatable bonds is 3. The molecule has 4 atom stereocenters. The van der Waals surface area contributed by atoms with Gasteiger partial charge in [0.15, 0.2) is 0 Å². The van der Waals surface area contributed by atoms with Crippen molar-refractivity contribution in [2.24, 2.45) is 11.8 Å². The van der Waals surface area contributed by atoms with Crippen molar-refractivity contribution in [3.8, 4) is 0 Å². The van der Waals surface area contributed by atoms with E-state index in [9.17, 15) is 14.4 Å². The Morgan fingerprint density at radius 3 is 2.47 bits per heavy atom. The van der Waals surface area contributed by atoms with Gasteiger partial charge in [-0.25, -0.2) is 0 Å². The normalized spacial score (nSPS) is 30.7. The van der Waals surface area contributed by atoms with Crippen molar-refractivity contribution in [1.29, 1.82) is 0 Å². The molecule has 0 bridgehead atoms. The van der Waals surface area contributed by atoms with Crippen molar-refractivity contribution in [2.45, 2.75) is 63.1 Å². The van der Waals surface area contributed by atoms with Crippen molar-refractivity contribution in [3.05, 3.63) is 64.2 Å². The first kappa shape index (κ1) is 21.8. The second kappa shape index (κ2) is 7.92. The van der Waals surface area contributed by atoms with Gasteiger partial charge in [-0.1, -0.05) is 67.3 Å². The largest absolute Gasteiger partial charge is 0.324 e. The van der Waals surface area contributed by atoms with Crippen LogP contribution < -0.4 is 10.6 Å². The summed E-state index contributed by atoms with van der Waals surface area (Å²) < 4.78 is 0. The summed E-state index contributed by atoms with van der Waals surface area (Å²) in [4.78, 5) is 43.1. The van der Waals surface area contributed by atoms with Gasteiger partial charge >= 0.3 is 0 Å². The summed E-state index contributed by atoms with van der Waals surface area (Å²) in [6.45, 7) is 1.87. The van der Waals surface area contributed by atoms with Crippen LogP contribution in [0, 0.1) is 18.8 Å². The van der Waals surface area contributed by atoms with E-state index in [1.165, 1.54) is 4.90 Å². The minimum atomic E-state index is -1.27. The predicted molar refractivity (Wildman–Crippen MR) is 129 cm³/mol. The maximum Gasteiger partial charge on any atom is 0.250 e. The van der Waals surface area contributed by atoms with Gasteiger partial charge < -0.3 is 5.32 Å². The van der Waals surface area contributed by atoms with E-state index < -0.39 is 17.4 Å². The molecule has 3 aliphatic heterocycles. The smallest absolute Gasteiger partial charge is 0.250 e. The zero-order valence-electron chi connectivity index (χ0n) is 19.1. The quantitative estimate of drug-likeness (QED) is 0.656. The summed E-state index contributed by atoms with van der Waals surface area (Å²) in [6, 6.07) is 13.2. The molecule has 34 heavy (non-hydrogen) atoms. The number of nitrogens with one attached hydrogen (secondary N) is 2. The topological polar surface area (TPSA) is 78.5 Å². The summed E-state index contributed by atoms with van der Waals surface area (Å²) in [5.41, 5.74) is 1.94. The van der Waals surface area contributed by atoms with Gasteiger partial charge in [0.25, 0.3) is 0 Å². The highest BCUT2D eigenvalue weighted by Gasteiger charge is 2.71. The van der Waals surface area contributed by atoms with E-state index in [1.54, 1.807) is 6.07 Å². The zero-order chi connectivity index (χ0) is 23.6. The minimum absolute atomic E-state index is 0.0651. The van der Waals surface area contributed by atoms with E-state index in [0.717, 1.165) is 48.8 Å². The maximum atomic E-state index is 14.0. The van der Waals surface area contributed by atoms with Crippen LogP contribution in [-0.2, 0) is 26.3 Å². The molecule has 1 spiro atoms. The first-order valence-corrected chi connectivity index (χ1v) is 12.6. The molecule has 6 nitrogen and oxygen atoms in total. The Balaban J connectivity index is 1.48. The zero-order valence-corrected chi connectivity index (χ0v) is 19.9. The van der Waals surface area contributed by atoms with Crippen molar-refractivity contribution >= 4 is 35.0 Å². The molecule has 0 aromatic heterocycles. The van der Waals surface area contributed by atoms with E-state index >= 15 is 0 Å². The number of likely N-dealkylation sites (tertiary alicyclic amines) is 1. The first-order valence-electron chi connectivity index (χ1n) is 12.2. The lowest BCUT2D eigenvalue weighted by atomic mass is 9.76. The molecule has 4 aliphatic rings. The van der Waals surface area contributed by atoms with Gasteiger partial charge in [-0.05, 0) is 43.4 Å². The van der Waals surface area contributed by atoms with E-state index in [0.29, 0.717) is 17.1 Å². The number of anilines is 1. The summed E-state index contributed by atoms with van der Waals surface area (Å²) in [5.74, 6) is -1.95. The van der Waals surface area contributed by atoms with Crippen LogP contribution >= 0.6 is 11.6 Å². The average Bonchev–Trinajstić information content (AvgIpc) is 3.42. The summed E-state index contributed by atoms with van der Waals surface area (Å²) in [7, 11) is 0. The molecule has 6 rings (SSSR count). The molecule has 2 aromatic rings. The number of nitrogens with zero attached hydrogens (tertiary/aromatic N) is 1. The lowest BCUT2D eigenvalue weighted by molar-refractivity contribution is -0.146. The van der Waals surface area contributed by atoms with Crippen LogP contribution in [0.4, 0.5) is 5.69 Å². The molecular weight excluding hydrogens is 450 g/mol.